The van der Waals surface area contributed by atoms with Crippen molar-refractivity contribution in [3.8, 4) is 0 Å². The molecule has 2 rings (SSSR count). The minimum atomic E-state index is 0.639. The minimum absolute atomic E-state index is 0.639. The minimum Gasteiger partial charge on any atom is -0.361 e. The van der Waals surface area contributed by atoms with Crippen molar-refractivity contribution in [2.24, 2.45) is 16.8 Å². The van der Waals surface area contributed by atoms with Gasteiger partial charge in [0.1, 0.15) is 0 Å². The van der Waals surface area contributed by atoms with E-state index in [1.807, 2.05) is 11.8 Å². The summed E-state index contributed by atoms with van der Waals surface area (Å²) >= 11 is 1.89. The first-order chi connectivity index (χ1) is 6.75. The molecule has 0 unspecified atom stereocenters. The number of hydrogen-bond donors (Lipinski definition) is 1. The summed E-state index contributed by atoms with van der Waals surface area (Å²) in [4.78, 5) is 4.60. The fraction of sp³-hybridized carbons (Fsp3) is 0.909. The molecule has 2 nitrogen and oxygen atoms in total. The second-order valence-corrected chi connectivity index (χ2v) is 5.73. The molecule has 14 heavy (non-hydrogen) atoms. The third-order valence-electron chi connectivity index (χ3n) is 3.00. The Morgan fingerprint density at radius 3 is 2.86 bits per heavy atom. The second kappa shape index (κ2) is 4.56. The van der Waals surface area contributed by atoms with Gasteiger partial charge in [0.05, 0.1) is 0 Å². The first-order valence-corrected chi connectivity index (χ1v) is 6.68. The summed E-state index contributed by atoms with van der Waals surface area (Å²) in [6.45, 7) is 5.57. The molecule has 80 valence electrons. The standard InChI is InChI=1S/C11H20N2S/c1-8(2)10-7-14-11(13-10)12-6-5-9-3-4-9/h8-10H,3-7H2,1-2H3,(H,12,13)/t10-/m1/s1. The van der Waals surface area contributed by atoms with Crippen LogP contribution in [0, 0.1) is 11.8 Å². The Morgan fingerprint density at radius 1 is 1.50 bits per heavy atom. The molecule has 1 saturated heterocycles. The lowest BCUT2D eigenvalue weighted by Crippen LogP contribution is -2.31. The summed E-state index contributed by atoms with van der Waals surface area (Å²) in [5, 5.41) is 4.68. The van der Waals surface area contributed by atoms with E-state index in [9.17, 15) is 0 Å². The van der Waals surface area contributed by atoms with Crippen molar-refractivity contribution in [2.75, 3.05) is 12.3 Å². The van der Waals surface area contributed by atoms with E-state index in [-0.39, 0.29) is 0 Å². The quantitative estimate of drug-likeness (QED) is 0.774. The summed E-state index contributed by atoms with van der Waals surface area (Å²) in [7, 11) is 0. The van der Waals surface area contributed by atoms with Crippen LogP contribution < -0.4 is 5.32 Å². The van der Waals surface area contributed by atoms with Crippen LogP contribution in [0.5, 0.6) is 0 Å². The number of nitrogens with one attached hydrogen (secondary N) is 1. The summed E-state index contributed by atoms with van der Waals surface area (Å²) in [6.07, 6.45) is 4.19. The average Bonchev–Trinajstić information content (AvgIpc) is 2.82. The van der Waals surface area contributed by atoms with Crippen molar-refractivity contribution >= 4 is 16.9 Å². The number of aliphatic imine (C=N–C) groups is 1. The predicted molar refractivity (Wildman–Crippen MR) is 63.9 cm³/mol. The maximum Gasteiger partial charge on any atom is 0.156 e. The van der Waals surface area contributed by atoms with Crippen molar-refractivity contribution in [1.82, 2.24) is 5.32 Å². The molecule has 0 amide bonds. The number of nitrogens with zero attached hydrogens (tertiary/aromatic N) is 1. The number of amidine groups is 1. The molecule has 0 spiro atoms. The zero-order valence-electron chi connectivity index (χ0n) is 9.12. The molecule has 2 fully saturated rings. The number of thioether (sulfide) groups is 1. The maximum atomic E-state index is 4.60. The Hall–Kier alpha value is -0.180. The Bertz CT molecular complexity index is 221. The van der Waals surface area contributed by atoms with Crippen molar-refractivity contribution in [2.45, 2.75) is 39.2 Å². The highest BCUT2D eigenvalue weighted by Crippen LogP contribution is 2.32. The van der Waals surface area contributed by atoms with Gasteiger partial charge in [-0.3, -0.25) is 4.99 Å². The summed E-state index contributed by atoms with van der Waals surface area (Å²) in [5.41, 5.74) is 0. The van der Waals surface area contributed by atoms with Crippen molar-refractivity contribution in [3.05, 3.63) is 0 Å². The van der Waals surface area contributed by atoms with E-state index in [1.54, 1.807) is 0 Å². The molecule has 1 aliphatic heterocycles. The van der Waals surface area contributed by atoms with Gasteiger partial charge in [0.2, 0.25) is 0 Å². The molecule has 0 radical (unpaired) electrons. The highest BCUT2D eigenvalue weighted by molar-refractivity contribution is 8.14. The predicted octanol–water partition coefficient (Wildman–Crippen LogP) is 2.50. The molecule has 0 aromatic rings. The van der Waals surface area contributed by atoms with Gasteiger partial charge in [-0.25, -0.2) is 0 Å². The van der Waals surface area contributed by atoms with E-state index in [0.29, 0.717) is 6.04 Å². The van der Waals surface area contributed by atoms with Crippen molar-refractivity contribution in [1.29, 1.82) is 0 Å². The third-order valence-corrected chi connectivity index (χ3v) is 4.05. The highest BCUT2D eigenvalue weighted by Gasteiger charge is 2.23. The highest BCUT2D eigenvalue weighted by atomic mass is 32.2. The molecule has 1 saturated carbocycles. The molecular formula is C11H20N2S. The average molecular weight is 212 g/mol. The topological polar surface area (TPSA) is 24.4 Å². The molecule has 1 aliphatic carbocycles. The van der Waals surface area contributed by atoms with Crippen molar-refractivity contribution < 1.29 is 0 Å². The summed E-state index contributed by atoms with van der Waals surface area (Å²) in [6, 6.07) is 0.639. The first kappa shape index (κ1) is 10.3. The normalized spacial score (nSPS) is 29.9. The van der Waals surface area contributed by atoms with Crippen LogP contribution in [0.2, 0.25) is 0 Å². The van der Waals surface area contributed by atoms with E-state index in [1.165, 1.54) is 30.2 Å². The molecule has 1 N–H and O–H groups in total. The second-order valence-electron chi connectivity index (χ2n) is 4.72. The maximum absolute atomic E-state index is 4.60. The molecule has 0 aromatic carbocycles. The Morgan fingerprint density at radius 2 is 2.29 bits per heavy atom. The van der Waals surface area contributed by atoms with Gasteiger partial charge in [-0.1, -0.05) is 38.5 Å². The van der Waals surface area contributed by atoms with Gasteiger partial charge < -0.3 is 5.32 Å². The van der Waals surface area contributed by atoms with E-state index in [4.69, 9.17) is 0 Å². The van der Waals surface area contributed by atoms with Crippen LogP contribution in [0.1, 0.15) is 33.1 Å². The molecule has 2 aliphatic rings. The van der Waals surface area contributed by atoms with Gasteiger partial charge in [0.25, 0.3) is 0 Å². The van der Waals surface area contributed by atoms with Gasteiger partial charge >= 0.3 is 0 Å². The van der Waals surface area contributed by atoms with Crippen LogP contribution in [0.15, 0.2) is 4.99 Å². The SMILES string of the molecule is CC(C)[C@H]1CSC(=NCCC2CC2)N1. The molecule has 0 bridgehead atoms. The van der Waals surface area contributed by atoms with Gasteiger partial charge in [-0.15, -0.1) is 0 Å². The smallest absolute Gasteiger partial charge is 0.156 e. The van der Waals surface area contributed by atoms with Crippen LogP contribution in [-0.4, -0.2) is 23.5 Å². The van der Waals surface area contributed by atoms with E-state index in [2.05, 4.69) is 24.2 Å². The molecule has 3 heteroatoms. The van der Waals surface area contributed by atoms with Crippen LogP contribution in [0.4, 0.5) is 0 Å². The Balaban J connectivity index is 1.70. The van der Waals surface area contributed by atoms with Crippen LogP contribution >= 0.6 is 11.8 Å². The zero-order valence-corrected chi connectivity index (χ0v) is 9.94. The van der Waals surface area contributed by atoms with Gasteiger partial charge in [0.15, 0.2) is 5.17 Å². The monoisotopic (exact) mass is 212 g/mol. The lowest BCUT2D eigenvalue weighted by Gasteiger charge is -2.12. The van der Waals surface area contributed by atoms with Crippen LogP contribution in [-0.2, 0) is 0 Å². The number of rotatable bonds is 4. The van der Waals surface area contributed by atoms with Crippen molar-refractivity contribution in [3.63, 3.8) is 0 Å². The molecule has 1 heterocycles. The lowest BCUT2D eigenvalue weighted by molar-refractivity contribution is 0.503. The largest absolute Gasteiger partial charge is 0.361 e. The fourth-order valence-electron chi connectivity index (χ4n) is 1.62. The zero-order chi connectivity index (χ0) is 9.97. The van der Waals surface area contributed by atoms with Gasteiger partial charge in [-0.2, -0.15) is 0 Å². The Kier molecular flexibility index (Phi) is 3.37. The van der Waals surface area contributed by atoms with E-state index >= 15 is 0 Å². The Labute approximate surface area is 90.9 Å². The van der Waals surface area contributed by atoms with E-state index in [0.717, 1.165) is 18.4 Å². The van der Waals surface area contributed by atoms with Gasteiger partial charge in [0, 0.05) is 18.3 Å². The van der Waals surface area contributed by atoms with Crippen LogP contribution in [0.25, 0.3) is 0 Å². The number of hydrogen-bond acceptors (Lipinski definition) is 2. The first-order valence-electron chi connectivity index (χ1n) is 5.69. The summed E-state index contributed by atoms with van der Waals surface area (Å²) in [5.74, 6) is 2.92. The third kappa shape index (κ3) is 2.91. The molecule has 1 atom stereocenters. The molecule has 0 aromatic heterocycles. The van der Waals surface area contributed by atoms with Crippen LogP contribution in [0.3, 0.4) is 0 Å². The van der Waals surface area contributed by atoms with E-state index < -0.39 is 0 Å². The molecular weight excluding hydrogens is 192 g/mol. The fourth-order valence-corrected chi connectivity index (χ4v) is 2.84. The van der Waals surface area contributed by atoms with Gasteiger partial charge in [-0.05, 0) is 18.3 Å². The lowest BCUT2D eigenvalue weighted by atomic mass is 10.1. The summed E-state index contributed by atoms with van der Waals surface area (Å²) < 4.78 is 0.